The molecule has 1 unspecified atom stereocenters. The van der Waals surface area contributed by atoms with E-state index in [9.17, 15) is 4.39 Å². The summed E-state index contributed by atoms with van der Waals surface area (Å²) in [6.07, 6.45) is 1.76. The van der Waals surface area contributed by atoms with Crippen LogP contribution < -0.4 is 16.2 Å². The largest absolute Gasteiger partial charge is 0.357 e. The minimum absolute atomic E-state index is 0.248. The van der Waals surface area contributed by atoms with Crippen LogP contribution in [0.2, 0.25) is 0 Å². The van der Waals surface area contributed by atoms with Crippen LogP contribution in [0.1, 0.15) is 18.2 Å². The van der Waals surface area contributed by atoms with Crippen molar-refractivity contribution in [2.45, 2.75) is 12.5 Å². The molecule has 1 aromatic heterocycles. The monoisotopic (exact) mass is 383 g/mol. The Morgan fingerprint density at radius 2 is 1.82 bits per heavy atom. The zero-order valence-electron chi connectivity index (χ0n) is 16.5. The van der Waals surface area contributed by atoms with E-state index in [4.69, 9.17) is 4.98 Å². The zero-order valence-corrected chi connectivity index (χ0v) is 16.5. The molecular formula is C20H26FN7. The summed E-state index contributed by atoms with van der Waals surface area (Å²) in [5.74, 6) is 1.33. The molecule has 0 saturated carbocycles. The first-order valence-electron chi connectivity index (χ1n) is 9.50. The lowest BCUT2D eigenvalue weighted by Crippen LogP contribution is -2.47. The van der Waals surface area contributed by atoms with E-state index in [2.05, 4.69) is 44.9 Å². The van der Waals surface area contributed by atoms with Crippen LogP contribution in [0, 0.1) is 5.82 Å². The van der Waals surface area contributed by atoms with E-state index in [-0.39, 0.29) is 5.82 Å². The van der Waals surface area contributed by atoms with Crippen molar-refractivity contribution in [3.63, 3.8) is 0 Å². The fourth-order valence-electron chi connectivity index (χ4n) is 3.81. The lowest BCUT2D eigenvalue weighted by Gasteiger charge is -2.35. The number of hydrogen-bond donors (Lipinski definition) is 3. The van der Waals surface area contributed by atoms with Crippen LogP contribution >= 0.6 is 0 Å². The Balaban J connectivity index is 1.83. The number of likely N-dealkylation sites (N-methyl/N-ethyl adjacent to an activating group) is 1. The summed E-state index contributed by atoms with van der Waals surface area (Å²) in [6.45, 7) is 5.93. The highest BCUT2D eigenvalue weighted by Crippen LogP contribution is 2.41. The van der Waals surface area contributed by atoms with Crippen LogP contribution in [0.4, 0.5) is 10.3 Å². The SMILES string of the molecule is CNc1nccc(C2=C(N3CCN(C)CC3)NNC2(C)c2ccc(F)cc2)n1. The van der Waals surface area contributed by atoms with E-state index in [1.54, 1.807) is 13.2 Å². The molecule has 2 aliphatic rings. The van der Waals surface area contributed by atoms with Gasteiger partial charge in [-0.05, 0) is 37.7 Å². The van der Waals surface area contributed by atoms with E-state index in [0.29, 0.717) is 5.95 Å². The average Bonchev–Trinajstić information content (AvgIpc) is 3.07. The molecule has 0 amide bonds. The van der Waals surface area contributed by atoms with Gasteiger partial charge in [-0.15, -0.1) is 0 Å². The Labute approximate surface area is 164 Å². The molecule has 0 aliphatic carbocycles. The summed E-state index contributed by atoms with van der Waals surface area (Å²) >= 11 is 0. The number of aromatic nitrogens is 2. The normalized spacial score (nSPS) is 23.1. The molecule has 3 N–H and O–H groups in total. The summed E-state index contributed by atoms with van der Waals surface area (Å²) < 4.78 is 13.5. The van der Waals surface area contributed by atoms with Crippen molar-refractivity contribution < 1.29 is 4.39 Å². The number of rotatable bonds is 4. The molecule has 28 heavy (non-hydrogen) atoms. The first kappa shape index (κ1) is 18.6. The van der Waals surface area contributed by atoms with Crippen molar-refractivity contribution in [1.29, 1.82) is 0 Å². The van der Waals surface area contributed by atoms with Crippen molar-refractivity contribution in [2.24, 2.45) is 0 Å². The summed E-state index contributed by atoms with van der Waals surface area (Å²) in [6, 6.07) is 8.54. The Bertz CT molecular complexity index is 874. The highest BCUT2D eigenvalue weighted by molar-refractivity contribution is 5.77. The summed E-state index contributed by atoms with van der Waals surface area (Å²) in [7, 11) is 3.94. The van der Waals surface area contributed by atoms with Crippen LogP contribution in [-0.4, -0.2) is 60.0 Å². The van der Waals surface area contributed by atoms with Crippen LogP contribution in [0.25, 0.3) is 5.57 Å². The zero-order chi connectivity index (χ0) is 19.7. The lowest BCUT2D eigenvalue weighted by atomic mass is 9.83. The quantitative estimate of drug-likeness (QED) is 0.741. The second-order valence-corrected chi connectivity index (χ2v) is 7.41. The van der Waals surface area contributed by atoms with Crippen molar-refractivity contribution in [1.82, 2.24) is 30.6 Å². The van der Waals surface area contributed by atoms with Gasteiger partial charge in [-0.25, -0.2) is 19.8 Å². The van der Waals surface area contributed by atoms with Crippen LogP contribution in [0.3, 0.4) is 0 Å². The topological polar surface area (TPSA) is 68.4 Å². The van der Waals surface area contributed by atoms with Gasteiger partial charge in [-0.2, -0.15) is 0 Å². The number of hydrazine groups is 1. The number of halogens is 1. The van der Waals surface area contributed by atoms with Crippen LogP contribution in [0.15, 0.2) is 42.3 Å². The fourth-order valence-corrected chi connectivity index (χ4v) is 3.81. The van der Waals surface area contributed by atoms with Crippen LogP contribution in [0.5, 0.6) is 0 Å². The van der Waals surface area contributed by atoms with Gasteiger partial charge in [-0.3, -0.25) is 0 Å². The van der Waals surface area contributed by atoms with Gasteiger partial charge >= 0.3 is 0 Å². The molecule has 0 spiro atoms. The van der Waals surface area contributed by atoms with E-state index in [0.717, 1.165) is 48.8 Å². The van der Waals surface area contributed by atoms with Gasteiger partial charge < -0.3 is 20.5 Å². The molecule has 1 fully saturated rings. The van der Waals surface area contributed by atoms with E-state index in [1.165, 1.54) is 12.1 Å². The molecule has 1 atom stereocenters. The number of hydrogen-bond acceptors (Lipinski definition) is 7. The maximum absolute atomic E-state index is 13.5. The molecule has 148 valence electrons. The smallest absolute Gasteiger partial charge is 0.222 e. The second kappa shape index (κ2) is 7.37. The third-order valence-electron chi connectivity index (χ3n) is 5.54. The standard InChI is InChI=1S/C20H26FN7/c1-20(14-4-6-15(21)7-5-14)17(16-8-9-23-19(22-2)24-16)18(25-26-20)28-12-10-27(3)11-13-28/h4-9,25-26H,10-13H2,1-3H3,(H,22,23,24). The number of benzene rings is 1. The van der Waals surface area contributed by atoms with Crippen molar-refractivity contribution >= 4 is 11.5 Å². The Hall–Kier alpha value is -2.71. The van der Waals surface area contributed by atoms with Crippen LogP contribution in [-0.2, 0) is 5.54 Å². The van der Waals surface area contributed by atoms with Crippen molar-refractivity contribution in [3.05, 3.63) is 59.4 Å². The Morgan fingerprint density at radius 3 is 2.50 bits per heavy atom. The third kappa shape index (κ3) is 3.29. The Morgan fingerprint density at radius 1 is 1.11 bits per heavy atom. The predicted octanol–water partition coefficient (Wildman–Crippen LogP) is 1.60. The number of nitrogens with zero attached hydrogens (tertiary/aromatic N) is 4. The first-order chi connectivity index (χ1) is 13.5. The minimum atomic E-state index is -0.564. The molecule has 1 aromatic carbocycles. The van der Waals surface area contributed by atoms with Gasteiger partial charge in [0.1, 0.15) is 11.6 Å². The lowest BCUT2D eigenvalue weighted by molar-refractivity contribution is 0.178. The van der Waals surface area contributed by atoms with Gasteiger partial charge in [0.25, 0.3) is 0 Å². The van der Waals surface area contributed by atoms with Crippen molar-refractivity contribution in [3.8, 4) is 0 Å². The maximum atomic E-state index is 13.5. The van der Waals surface area contributed by atoms with E-state index < -0.39 is 5.54 Å². The first-order valence-corrected chi connectivity index (χ1v) is 9.50. The summed E-state index contributed by atoms with van der Waals surface area (Å²) in [5.41, 5.74) is 9.08. The van der Waals surface area contributed by atoms with Gasteiger partial charge in [0.2, 0.25) is 5.95 Å². The highest BCUT2D eigenvalue weighted by atomic mass is 19.1. The second-order valence-electron chi connectivity index (χ2n) is 7.41. The van der Waals surface area contributed by atoms with Crippen molar-refractivity contribution in [2.75, 3.05) is 45.6 Å². The Kier molecular flexibility index (Phi) is 4.91. The molecular weight excluding hydrogens is 357 g/mol. The number of piperazine rings is 1. The minimum Gasteiger partial charge on any atom is -0.357 e. The van der Waals surface area contributed by atoms with E-state index in [1.807, 2.05) is 18.2 Å². The molecule has 0 radical (unpaired) electrons. The average molecular weight is 383 g/mol. The predicted molar refractivity (Wildman–Crippen MR) is 108 cm³/mol. The summed E-state index contributed by atoms with van der Waals surface area (Å²) in [4.78, 5) is 13.6. The fraction of sp³-hybridized carbons (Fsp3) is 0.400. The van der Waals surface area contributed by atoms with Gasteiger partial charge in [0.05, 0.1) is 11.2 Å². The van der Waals surface area contributed by atoms with Gasteiger partial charge in [-0.1, -0.05) is 12.1 Å². The molecule has 4 rings (SSSR count). The van der Waals surface area contributed by atoms with Gasteiger partial charge in [0, 0.05) is 45.0 Å². The highest BCUT2D eigenvalue weighted by Gasteiger charge is 2.42. The summed E-state index contributed by atoms with van der Waals surface area (Å²) in [5, 5.41) is 3.01. The molecule has 8 heteroatoms. The van der Waals surface area contributed by atoms with Gasteiger partial charge in [0.15, 0.2) is 0 Å². The number of nitrogens with one attached hydrogen (secondary N) is 3. The molecule has 2 aliphatic heterocycles. The molecule has 7 nitrogen and oxygen atoms in total. The molecule has 2 aromatic rings. The van der Waals surface area contributed by atoms with E-state index >= 15 is 0 Å². The maximum Gasteiger partial charge on any atom is 0.222 e. The molecule has 3 heterocycles. The number of anilines is 1. The third-order valence-corrected chi connectivity index (χ3v) is 5.54. The molecule has 0 bridgehead atoms. The molecule has 1 saturated heterocycles.